The minimum absolute atomic E-state index is 0.392. The van der Waals surface area contributed by atoms with Gasteiger partial charge in [0.2, 0.25) is 11.8 Å². The van der Waals surface area contributed by atoms with Crippen LogP contribution in [-0.2, 0) is 0 Å². The lowest BCUT2D eigenvalue weighted by molar-refractivity contribution is 0.100. The first-order valence-electron chi connectivity index (χ1n) is 8.33. The third-order valence-corrected chi connectivity index (χ3v) is 4.46. The largest absolute Gasteiger partial charge is 0.497 e. The van der Waals surface area contributed by atoms with Crippen molar-refractivity contribution in [1.29, 1.82) is 0 Å². The second-order valence-corrected chi connectivity index (χ2v) is 6.07. The van der Waals surface area contributed by atoms with E-state index in [9.17, 15) is 4.79 Å². The molecule has 0 radical (unpaired) electrons. The van der Waals surface area contributed by atoms with Gasteiger partial charge in [0, 0.05) is 16.8 Å². The van der Waals surface area contributed by atoms with E-state index in [1.165, 1.54) is 0 Å². The van der Waals surface area contributed by atoms with Crippen LogP contribution in [0, 0.1) is 0 Å². The Hall–Kier alpha value is -3.58. The quantitative estimate of drug-likeness (QED) is 0.742. The van der Waals surface area contributed by atoms with Crippen molar-refractivity contribution in [3.63, 3.8) is 0 Å². The van der Waals surface area contributed by atoms with Gasteiger partial charge >= 0.3 is 0 Å². The lowest BCUT2D eigenvalue weighted by atomic mass is 10.0. The number of hydrogen-bond acceptors (Lipinski definition) is 6. The van der Waals surface area contributed by atoms with Gasteiger partial charge < -0.3 is 25.5 Å². The van der Waals surface area contributed by atoms with E-state index in [-0.39, 0.29) is 0 Å². The molecule has 2 heterocycles. The van der Waals surface area contributed by atoms with E-state index in [0.717, 1.165) is 17.0 Å². The third-order valence-electron chi connectivity index (χ3n) is 4.46. The number of hydrogen-bond donors (Lipinski definition) is 2. The molecule has 1 aliphatic heterocycles. The normalized spacial score (nSPS) is 15.9. The van der Waals surface area contributed by atoms with Crippen molar-refractivity contribution in [3.8, 4) is 5.75 Å². The highest BCUT2D eigenvalue weighted by Gasteiger charge is 2.31. The monoisotopic (exact) mass is 362 g/mol. The highest BCUT2D eigenvalue weighted by atomic mass is 16.5. The Balaban J connectivity index is 1.86. The number of carbonyl (C=O) groups excluding carboxylic acids is 1. The van der Waals surface area contributed by atoms with E-state index in [0.29, 0.717) is 22.8 Å². The van der Waals surface area contributed by atoms with Crippen LogP contribution in [0.1, 0.15) is 27.7 Å². The average molecular weight is 362 g/mol. The zero-order chi connectivity index (χ0) is 19.0. The fourth-order valence-corrected chi connectivity index (χ4v) is 3.09. The molecule has 7 heteroatoms. The topological polar surface area (TPSA) is 107 Å². The van der Waals surface area contributed by atoms with Crippen LogP contribution in [0.5, 0.6) is 5.75 Å². The van der Waals surface area contributed by atoms with Gasteiger partial charge in [-0.3, -0.25) is 4.79 Å². The van der Waals surface area contributed by atoms with Crippen molar-refractivity contribution in [2.24, 2.45) is 16.5 Å². The van der Waals surface area contributed by atoms with E-state index in [1.807, 2.05) is 35.2 Å². The van der Waals surface area contributed by atoms with Crippen LogP contribution in [0.25, 0.3) is 0 Å². The smallest absolute Gasteiger partial charge is 0.248 e. The van der Waals surface area contributed by atoms with E-state index >= 15 is 0 Å². The van der Waals surface area contributed by atoms with Gasteiger partial charge in [-0.2, -0.15) is 4.99 Å². The summed E-state index contributed by atoms with van der Waals surface area (Å²) in [6.45, 7) is 0. The molecular weight excluding hydrogens is 344 g/mol. The summed E-state index contributed by atoms with van der Waals surface area (Å²) in [6.07, 6.45) is 1.06. The predicted octanol–water partition coefficient (Wildman–Crippen LogP) is 2.94. The molecule has 1 atom stereocenters. The third kappa shape index (κ3) is 2.94. The van der Waals surface area contributed by atoms with Crippen molar-refractivity contribution in [3.05, 3.63) is 77.6 Å². The van der Waals surface area contributed by atoms with Crippen LogP contribution in [0.4, 0.5) is 11.6 Å². The zero-order valence-electron chi connectivity index (χ0n) is 14.6. The number of nitrogens with zero attached hydrogens (tertiary/aromatic N) is 2. The number of benzene rings is 2. The van der Waals surface area contributed by atoms with Crippen LogP contribution < -0.4 is 21.1 Å². The summed E-state index contributed by atoms with van der Waals surface area (Å²) in [5.74, 6) is 1.25. The molecule has 0 fully saturated rings. The number of methoxy groups -OCH3 is 1. The summed E-state index contributed by atoms with van der Waals surface area (Å²) in [5, 5.41) is 0. The van der Waals surface area contributed by atoms with Crippen LogP contribution in [-0.4, -0.2) is 18.9 Å². The van der Waals surface area contributed by atoms with Gasteiger partial charge in [-0.1, -0.05) is 12.1 Å². The maximum absolute atomic E-state index is 11.6. The molecule has 0 aliphatic carbocycles. The Morgan fingerprint density at radius 2 is 1.96 bits per heavy atom. The number of amidine groups is 1. The molecule has 3 aromatic rings. The highest BCUT2D eigenvalue weighted by Crippen LogP contribution is 2.37. The minimum Gasteiger partial charge on any atom is -0.497 e. The maximum Gasteiger partial charge on any atom is 0.248 e. The highest BCUT2D eigenvalue weighted by molar-refractivity contribution is 6.13. The van der Waals surface area contributed by atoms with Gasteiger partial charge in [-0.05, 0) is 42.5 Å². The van der Waals surface area contributed by atoms with Gasteiger partial charge in [0.25, 0.3) is 0 Å². The van der Waals surface area contributed by atoms with E-state index in [1.54, 1.807) is 37.6 Å². The molecule has 7 nitrogen and oxygen atoms in total. The molecule has 1 amide bonds. The first-order chi connectivity index (χ1) is 13.1. The van der Waals surface area contributed by atoms with Gasteiger partial charge in [0.1, 0.15) is 17.8 Å². The lowest BCUT2D eigenvalue weighted by Crippen LogP contribution is -2.42. The Morgan fingerprint density at radius 3 is 2.67 bits per heavy atom. The van der Waals surface area contributed by atoms with Crippen molar-refractivity contribution in [2.45, 2.75) is 6.17 Å². The summed E-state index contributed by atoms with van der Waals surface area (Å²) >= 11 is 0. The number of rotatable bonds is 4. The molecule has 0 saturated heterocycles. The summed E-state index contributed by atoms with van der Waals surface area (Å²) in [7, 11) is 1.61. The molecule has 4 rings (SSSR count). The number of fused-ring (bicyclic) bond motifs is 1. The number of carbonyl (C=O) groups is 1. The SMILES string of the molecule is COc1ccc(N2C(c3cccc(C(N)=O)c3)=Nc3occc3C2N)cc1. The Bertz CT molecular complexity index is 1020. The summed E-state index contributed by atoms with van der Waals surface area (Å²) in [6, 6.07) is 16.3. The molecule has 2 aromatic carbocycles. The number of ether oxygens (including phenoxy) is 1. The number of aliphatic imine (C=N–C) groups is 1. The second-order valence-electron chi connectivity index (χ2n) is 6.07. The van der Waals surface area contributed by atoms with E-state index in [4.69, 9.17) is 20.6 Å². The predicted molar refractivity (Wildman–Crippen MR) is 102 cm³/mol. The van der Waals surface area contributed by atoms with Crippen molar-refractivity contribution >= 4 is 23.3 Å². The molecule has 136 valence electrons. The molecule has 1 aliphatic rings. The Morgan fingerprint density at radius 1 is 1.19 bits per heavy atom. The van der Waals surface area contributed by atoms with Gasteiger partial charge in [0.15, 0.2) is 0 Å². The van der Waals surface area contributed by atoms with Gasteiger partial charge in [-0.25, -0.2) is 0 Å². The first kappa shape index (κ1) is 16.9. The minimum atomic E-state index is -0.507. The molecule has 0 spiro atoms. The number of primary amides is 1. The summed E-state index contributed by atoms with van der Waals surface area (Å²) in [5.41, 5.74) is 14.7. The molecule has 1 unspecified atom stereocenters. The van der Waals surface area contributed by atoms with Crippen molar-refractivity contribution in [1.82, 2.24) is 0 Å². The first-order valence-corrected chi connectivity index (χ1v) is 8.33. The van der Waals surface area contributed by atoms with Crippen LogP contribution in [0.15, 0.2) is 70.3 Å². The number of nitrogens with two attached hydrogens (primary N) is 2. The van der Waals surface area contributed by atoms with Crippen molar-refractivity contribution in [2.75, 3.05) is 12.0 Å². The van der Waals surface area contributed by atoms with Gasteiger partial charge in [-0.15, -0.1) is 0 Å². The van der Waals surface area contributed by atoms with Crippen LogP contribution >= 0.6 is 0 Å². The lowest BCUT2D eigenvalue weighted by Gasteiger charge is -2.34. The number of furan rings is 1. The summed E-state index contributed by atoms with van der Waals surface area (Å²) in [4.78, 5) is 18.1. The number of anilines is 1. The standard InChI is InChI=1S/C20H18N4O3/c1-26-15-7-5-14(6-8-15)24-17(21)16-9-10-27-20(16)23-19(24)13-4-2-3-12(11-13)18(22)25/h2-11,17H,21H2,1H3,(H2,22,25). The summed E-state index contributed by atoms with van der Waals surface area (Å²) < 4.78 is 10.7. The number of amides is 1. The Labute approximate surface area is 155 Å². The molecule has 27 heavy (non-hydrogen) atoms. The fourth-order valence-electron chi connectivity index (χ4n) is 3.09. The average Bonchev–Trinajstić information content (AvgIpc) is 3.17. The van der Waals surface area contributed by atoms with Crippen molar-refractivity contribution < 1.29 is 13.9 Å². The maximum atomic E-state index is 11.6. The second kappa shape index (κ2) is 6.62. The molecule has 1 aromatic heterocycles. The zero-order valence-corrected chi connectivity index (χ0v) is 14.6. The fraction of sp³-hybridized carbons (Fsp3) is 0.100. The Kier molecular flexibility index (Phi) is 4.13. The molecule has 0 saturated carbocycles. The van der Waals surface area contributed by atoms with Crippen LogP contribution in [0.2, 0.25) is 0 Å². The van der Waals surface area contributed by atoms with E-state index < -0.39 is 12.1 Å². The molecular formula is C20H18N4O3. The molecule has 0 bridgehead atoms. The van der Waals surface area contributed by atoms with Gasteiger partial charge in [0.05, 0.1) is 18.9 Å². The molecule has 4 N–H and O–H groups in total. The van der Waals surface area contributed by atoms with Crippen LogP contribution in [0.3, 0.4) is 0 Å². The van der Waals surface area contributed by atoms with E-state index in [2.05, 4.69) is 4.99 Å².